The van der Waals surface area contributed by atoms with Crippen molar-refractivity contribution >= 4 is 45.1 Å². The molecule has 7 heteroatoms. The minimum Gasteiger partial charge on any atom is -0.493 e. The number of nitrogens with zero attached hydrogens (tertiary/aromatic N) is 2. The molecule has 2 heterocycles. The lowest BCUT2D eigenvalue weighted by molar-refractivity contribution is -0.126. The molecule has 1 aliphatic heterocycles. The van der Waals surface area contributed by atoms with E-state index in [4.69, 9.17) is 26.1 Å². The molecule has 1 aromatic heterocycles. The molecule has 0 radical (unpaired) electrons. The van der Waals surface area contributed by atoms with Crippen LogP contribution in [0.5, 0.6) is 11.5 Å². The van der Waals surface area contributed by atoms with E-state index in [2.05, 4.69) is 6.07 Å². The molecule has 0 aliphatic carbocycles. The summed E-state index contributed by atoms with van der Waals surface area (Å²) in [4.78, 5) is 19.6. The van der Waals surface area contributed by atoms with Crippen LogP contribution >= 0.6 is 22.9 Å². The highest BCUT2D eigenvalue weighted by molar-refractivity contribution is 7.18. The number of para-hydroxylation sites is 1. The number of hydrogen-bond acceptors (Lipinski definition) is 5. The molecule has 1 amide bonds. The lowest BCUT2D eigenvalue weighted by Gasteiger charge is -2.21. The second kappa shape index (κ2) is 8.43. The van der Waals surface area contributed by atoms with Crippen LogP contribution in [0.2, 0.25) is 5.02 Å². The largest absolute Gasteiger partial charge is 0.493 e. The molecule has 29 heavy (non-hydrogen) atoms. The lowest BCUT2D eigenvalue weighted by Crippen LogP contribution is -2.28. The molecule has 1 aliphatic rings. The van der Waals surface area contributed by atoms with E-state index in [0.29, 0.717) is 16.5 Å². The quantitative estimate of drug-likeness (QED) is 0.514. The van der Waals surface area contributed by atoms with Crippen LogP contribution in [0.15, 0.2) is 42.5 Å². The number of hydrogen-bond donors (Lipinski definition) is 0. The van der Waals surface area contributed by atoms with E-state index in [0.717, 1.165) is 40.2 Å². The predicted octanol–water partition coefficient (Wildman–Crippen LogP) is 5.34. The number of fused-ring (bicyclic) bond motifs is 1. The first-order chi connectivity index (χ1) is 14.1. The standard InChI is InChI=1S/C22H21ClN2O3S/c1-27-18-13-14(12-15(23)21(18)28-2)9-10-20(26)25-11-5-7-17(25)22-24-16-6-3-4-8-19(16)29-22/h3-4,6,8-10,12-13,17H,5,7,11H2,1-2H3/b10-9+. The zero-order valence-corrected chi connectivity index (χ0v) is 17.8. The lowest BCUT2D eigenvalue weighted by atomic mass is 10.1. The van der Waals surface area contributed by atoms with Gasteiger partial charge in [0.15, 0.2) is 11.5 Å². The Balaban J connectivity index is 1.55. The molecule has 1 fully saturated rings. The van der Waals surface area contributed by atoms with Gasteiger partial charge in [0.05, 0.1) is 35.5 Å². The molecule has 0 N–H and O–H groups in total. The van der Waals surface area contributed by atoms with Gasteiger partial charge in [-0.3, -0.25) is 4.79 Å². The van der Waals surface area contributed by atoms with Crippen LogP contribution in [0, 0.1) is 0 Å². The molecule has 2 aromatic carbocycles. The Bertz CT molecular complexity index is 1050. The third kappa shape index (κ3) is 3.95. The molecule has 1 atom stereocenters. The molecule has 1 saturated heterocycles. The number of aromatic nitrogens is 1. The topological polar surface area (TPSA) is 51.7 Å². The summed E-state index contributed by atoms with van der Waals surface area (Å²) in [7, 11) is 3.10. The van der Waals surface area contributed by atoms with Crippen molar-refractivity contribution < 1.29 is 14.3 Å². The number of methoxy groups -OCH3 is 2. The van der Waals surface area contributed by atoms with Crippen LogP contribution in [0.25, 0.3) is 16.3 Å². The third-order valence-corrected chi connectivity index (χ3v) is 6.42. The highest BCUT2D eigenvalue weighted by Gasteiger charge is 2.31. The number of likely N-dealkylation sites (tertiary alicyclic amines) is 1. The van der Waals surface area contributed by atoms with E-state index in [-0.39, 0.29) is 11.9 Å². The summed E-state index contributed by atoms with van der Waals surface area (Å²) < 4.78 is 11.7. The van der Waals surface area contributed by atoms with Crippen molar-refractivity contribution in [3.8, 4) is 11.5 Å². The number of carbonyl (C=O) groups is 1. The first kappa shape index (κ1) is 19.7. The molecule has 0 spiro atoms. The van der Waals surface area contributed by atoms with Gasteiger partial charge in [-0.2, -0.15) is 0 Å². The SMILES string of the molecule is COc1cc(/C=C/C(=O)N2CCCC2c2nc3ccccc3s2)cc(Cl)c1OC. The van der Waals surface area contributed by atoms with Gasteiger partial charge in [0.25, 0.3) is 0 Å². The van der Waals surface area contributed by atoms with Gasteiger partial charge in [0.2, 0.25) is 5.91 Å². The molecule has 0 bridgehead atoms. The molecule has 0 saturated carbocycles. The maximum absolute atomic E-state index is 12.9. The minimum atomic E-state index is -0.0299. The number of rotatable bonds is 5. The van der Waals surface area contributed by atoms with E-state index in [1.54, 1.807) is 49.8 Å². The fraction of sp³-hybridized carbons (Fsp3) is 0.273. The predicted molar refractivity (Wildman–Crippen MR) is 117 cm³/mol. The molecule has 3 aromatic rings. The minimum absolute atomic E-state index is 0.0264. The molecule has 1 unspecified atom stereocenters. The van der Waals surface area contributed by atoms with Gasteiger partial charge < -0.3 is 14.4 Å². The summed E-state index contributed by atoms with van der Waals surface area (Å²) in [6, 6.07) is 11.7. The van der Waals surface area contributed by atoms with Gasteiger partial charge in [-0.05, 0) is 48.7 Å². The summed E-state index contributed by atoms with van der Waals surface area (Å²) in [5.41, 5.74) is 1.76. The highest BCUT2D eigenvalue weighted by atomic mass is 35.5. The van der Waals surface area contributed by atoms with Crippen LogP contribution in [-0.2, 0) is 4.79 Å². The summed E-state index contributed by atoms with van der Waals surface area (Å²) in [6.07, 6.45) is 5.25. The average Bonchev–Trinajstić information content (AvgIpc) is 3.38. The second-order valence-corrected chi connectivity index (χ2v) is 8.25. The molecule has 4 rings (SSSR count). The van der Waals surface area contributed by atoms with Crippen LogP contribution < -0.4 is 9.47 Å². The average molecular weight is 429 g/mol. The number of thiazole rings is 1. The van der Waals surface area contributed by atoms with Crippen molar-refractivity contribution in [2.24, 2.45) is 0 Å². The summed E-state index contributed by atoms with van der Waals surface area (Å²) in [5, 5.41) is 1.44. The van der Waals surface area contributed by atoms with Gasteiger partial charge in [0, 0.05) is 12.6 Å². The zero-order chi connectivity index (χ0) is 20.4. The van der Waals surface area contributed by atoms with Gasteiger partial charge in [-0.1, -0.05) is 23.7 Å². The van der Waals surface area contributed by atoms with E-state index in [1.165, 1.54) is 0 Å². The first-order valence-corrected chi connectivity index (χ1v) is 10.6. The number of amides is 1. The number of carbonyl (C=O) groups excluding carboxylic acids is 1. The Kier molecular flexibility index (Phi) is 5.74. The Morgan fingerprint density at radius 2 is 2.10 bits per heavy atom. The first-order valence-electron chi connectivity index (χ1n) is 9.36. The molecule has 5 nitrogen and oxygen atoms in total. The summed E-state index contributed by atoms with van der Waals surface area (Å²) in [6.45, 7) is 0.733. The monoisotopic (exact) mass is 428 g/mol. The molecular formula is C22H21ClN2O3S. The Morgan fingerprint density at radius 3 is 2.86 bits per heavy atom. The maximum atomic E-state index is 12.9. The second-order valence-electron chi connectivity index (χ2n) is 6.78. The Morgan fingerprint density at radius 1 is 1.28 bits per heavy atom. The Hall–Kier alpha value is -2.57. The molecule has 150 valence electrons. The summed E-state index contributed by atoms with van der Waals surface area (Å²) >= 11 is 7.92. The fourth-order valence-corrected chi connectivity index (χ4v) is 5.03. The number of benzene rings is 2. The smallest absolute Gasteiger partial charge is 0.247 e. The van der Waals surface area contributed by atoms with Crippen LogP contribution in [0.4, 0.5) is 0 Å². The van der Waals surface area contributed by atoms with E-state index >= 15 is 0 Å². The third-order valence-electron chi connectivity index (χ3n) is 5.01. The van der Waals surface area contributed by atoms with Crippen molar-refractivity contribution in [1.82, 2.24) is 9.88 Å². The highest BCUT2D eigenvalue weighted by Crippen LogP contribution is 2.38. The zero-order valence-electron chi connectivity index (χ0n) is 16.2. The van der Waals surface area contributed by atoms with Gasteiger partial charge in [0.1, 0.15) is 5.01 Å². The van der Waals surface area contributed by atoms with Crippen molar-refractivity contribution in [2.45, 2.75) is 18.9 Å². The number of ether oxygens (including phenoxy) is 2. The van der Waals surface area contributed by atoms with E-state index in [1.807, 2.05) is 23.1 Å². The van der Waals surface area contributed by atoms with Crippen LogP contribution in [0.3, 0.4) is 0 Å². The van der Waals surface area contributed by atoms with Gasteiger partial charge in [-0.15, -0.1) is 11.3 Å². The van der Waals surface area contributed by atoms with Gasteiger partial charge >= 0.3 is 0 Å². The van der Waals surface area contributed by atoms with Crippen molar-refractivity contribution in [1.29, 1.82) is 0 Å². The molecular weight excluding hydrogens is 408 g/mol. The van der Waals surface area contributed by atoms with E-state index < -0.39 is 0 Å². The normalized spacial score (nSPS) is 16.7. The van der Waals surface area contributed by atoms with Crippen LogP contribution in [0.1, 0.15) is 29.5 Å². The van der Waals surface area contributed by atoms with Crippen molar-refractivity contribution in [3.05, 3.63) is 58.1 Å². The fourth-order valence-electron chi connectivity index (χ4n) is 3.62. The van der Waals surface area contributed by atoms with Crippen molar-refractivity contribution in [2.75, 3.05) is 20.8 Å². The Labute approximate surface area is 178 Å². The van der Waals surface area contributed by atoms with E-state index in [9.17, 15) is 4.79 Å². The number of halogens is 1. The van der Waals surface area contributed by atoms with Crippen LogP contribution in [-0.4, -0.2) is 36.6 Å². The van der Waals surface area contributed by atoms with Gasteiger partial charge in [-0.25, -0.2) is 4.98 Å². The summed E-state index contributed by atoms with van der Waals surface area (Å²) in [5.74, 6) is 0.978. The maximum Gasteiger partial charge on any atom is 0.247 e. The van der Waals surface area contributed by atoms with Crippen molar-refractivity contribution in [3.63, 3.8) is 0 Å².